The van der Waals surface area contributed by atoms with E-state index in [4.69, 9.17) is 4.52 Å². The van der Waals surface area contributed by atoms with Crippen LogP contribution < -0.4 is 4.72 Å². The number of nitrogens with one attached hydrogen (secondary N) is 1. The minimum absolute atomic E-state index is 0.0156. The molecule has 2 aromatic rings. The summed E-state index contributed by atoms with van der Waals surface area (Å²) in [6.07, 6.45) is 1.99. The summed E-state index contributed by atoms with van der Waals surface area (Å²) < 4.78 is 33.4. The summed E-state index contributed by atoms with van der Waals surface area (Å²) in [5.41, 5.74) is 0.566. The van der Waals surface area contributed by atoms with Gasteiger partial charge in [0.2, 0.25) is 15.9 Å². The zero-order chi connectivity index (χ0) is 15.6. The molecule has 2 aromatic heterocycles. The van der Waals surface area contributed by atoms with Crippen LogP contribution in [0.3, 0.4) is 0 Å². The van der Waals surface area contributed by atoms with Gasteiger partial charge >= 0.3 is 0 Å². The van der Waals surface area contributed by atoms with Crippen molar-refractivity contribution in [1.82, 2.24) is 24.6 Å². The molecule has 0 amide bonds. The highest BCUT2D eigenvalue weighted by atomic mass is 32.2. The van der Waals surface area contributed by atoms with Crippen LogP contribution in [-0.2, 0) is 30.0 Å². The Morgan fingerprint density at radius 3 is 2.71 bits per heavy atom. The molecule has 9 heteroatoms. The minimum atomic E-state index is -3.64. The Balaban J connectivity index is 2.05. The standard InChI is InChI=1S/C12H19N5O3S/c1-8(2)5-12-15-11(16-20-12)7-14-21(18,19)10-6-13-17(4)9(10)3/h6,8,14H,5,7H2,1-4H3. The van der Waals surface area contributed by atoms with Crippen LogP contribution in [0.1, 0.15) is 31.3 Å². The second-order valence-corrected chi connectivity index (χ2v) is 6.98. The van der Waals surface area contributed by atoms with Crippen LogP contribution in [0.4, 0.5) is 0 Å². The van der Waals surface area contributed by atoms with Gasteiger partial charge in [-0.2, -0.15) is 10.1 Å². The fourth-order valence-corrected chi connectivity index (χ4v) is 2.96. The first-order chi connectivity index (χ1) is 9.79. The molecule has 0 saturated carbocycles. The van der Waals surface area contributed by atoms with Crippen molar-refractivity contribution in [2.24, 2.45) is 13.0 Å². The molecule has 8 nitrogen and oxygen atoms in total. The van der Waals surface area contributed by atoms with Crippen LogP contribution >= 0.6 is 0 Å². The first kappa shape index (κ1) is 15.6. The fraction of sp³-hybridized carbons (Fsp3) is 0.583. The van der Waals surface area contributed by atoms with E-state index in [-0.39, 0.29) is 11.4 Å². The van der Waals surface area contributed by atoms with E-state index in [1.54, 1.807) is 14.0 Å². The normalized spacial score (nSPS) is 12.2. The number of hydrogen-bond donors (Lipinski definition) is 1. The van der Waals surface area contributed by atoms with Gasteiger partial charge in [-0.1, -0.05) is 19.0 Å². The molecule has 0 unspecified atom stereocenters. The van der Waals surface area contributed by atoms with Crippen LogP contribution in [0.2, 0.25) is 0 Å². The molecule has 0 bridgehead atoms. The molecule has 2 rings (SSSR count). The molecule has 21 heavy (non-hydrogen) atoms. The summed E-state index contributed by atoms with van der Waals surface area (Å²) in [4.78, 5) is 4.30. The summed E-state index contributed by atoms with van der Waals surface area (Å²) in [5, 5.41) is 7.68. The van der Waals surface area contributed by atoms with E-state index in [2.05, 4.69) is 20.0 Å². The monoisotopic (exact) mass is 313 g/mol. The van der Waals surface area contributed by atoms with E-state index in [0.717, 1.165) is 0 Å². The first-order valence-electron chi connectivity index (χ1n) is 6.59. The quantitative estimate of drug-likeness (QED) is 0.845. The Morgan fingerprint density at radius 2 is 2.14 bits per heavy atom. The van der Waals surface area contributed by atoms with Crippen molar-refractivity contribution in [3.05, 3.63) is 23.6 Å². The second-order valence-electron chi connectivity index (χ2n) is 5.24. The van der Waals surface area contributed by atoms with Crippen molar-refractivity contribution in [2.75, 3.05) is 0 Å². The molecule has 0 atom stereocenters. The Bertz CT molecular complexity index is 717. The van der Waals surface area contributed by atoms with Crippen LogP contribution in [0.25, 0.3) is 0 Å². The van der Waals surface area contributed by atoms with Crippen molar-refractivity contribution in [3.8, 4) is 0 Å². The molecule has 0 radical (unpaired) electrons. The summed E-state index contributed by atoms with van der Waals surface area (Å²) in [6.45, 7) is 5.75. The van der Waals surface area contributed by atoms with Crippen molar-refractivity contribution >= 4 is 10.0 Å². The molecule has 0 fully saturated rings. The minimum Gasteiger partial charge on any atom is -0.339 e. The van der Waals surface area contributed by atoms with Crippen LogP contribution in [-0.4, -0.2) is 28.3 Å². The van der Waals surface area contributed by atoms with Gasteiger partial charge < -0.3 is 4.52 Å². The fourth-order valence-electron chi connectivity index (χ4n) is 1.77. The molecule has 0 aliphatic heterocycles. The maximum atomic E-state index is 12.2. The number of aryl methyl sites for hydroxylation is 1. The lowest BCUT2D eigenvalue weighted by atomic mass is 10.1. The van der Waals surface area contributed by atoms with E-state index in [9.17, 15) is 8.42 Å². The molecule has 0 aliphatic carbocycles. The summed E-state index contributed by atoms with van der Waals surface area (Å²) in [6, 6.07) is 0. The second kappa shape index (κ2) is 5.94. The average molecular weight is 313 g/mol. The largest absolute Gasteiger partial charge is 0.339 e. The van der Waals surface area contributed by atoms with E-state index < -0.39 is 10.0 Å². The van der Waals surface area contributed by atoms with Crippen LogP contribution in [0, 0.1) is 12.8 Å². The molecule has 0 spiro atoms. The number of aromatic nitrogens is 4. The molecule has 0 aromatic carbocycles. The third-order valence-electron chi connectivity index (χ3n) is 2.99. The van der Waals surface area contributed by atoms with Crippen molar-refractivity contribution in [3.63, 3.8) is 0 Å². The zero-order valence-corrected chi connectivity index (χ0v) is 13.3. The van der Waals surface area contributed by atoms with E-state index in [0.29, 0.717) is 29.7 Å². The number of rotatable bonds is 6. The highest BCUT2D eigenvalue weighted by Gasteiger charge is 2.20. The predicted octanol–water partition coefficient (Wildman–Crippen LogP) is 0.789. The smallest absolute Gasteiger partial charge is 0.244 e. The lowest BCUT2D eigenvalue weighted by molar-refractivity contribution is 0.358. The topological polar surface area (TPSA) is 103 Å². The SMILES string of the molecule is Cc1c(S(=O)(=O)NCc2noc(CC(C)C)n2)cnn1C. The molecule has 0 aliphatic rings. The number of nitrogens with zero attached hydrogens (tertiary/aromatic N) is 4. The van der Waals surface area contributed by atoms with Gasteiger partial charge in [0, 0.05) is 13.5 Å². The highest BCUT2D eigenvalue weighted by molar-refractivity contribution is 7.89. The first-order valence-corrected chi connectivity index (χ1v) is 8.07. The van der Waals surface area contributed by atoms with Crippen LogP contribution in [0.5, 0.6) is 0 Å². The zero-order valence-electron chi connectivity index (χ0n) is 12.5. The van der Waals surface area contributed by atoms with E-state index >= 15 is 0 Å². The van der Waals surface area contributed by atoms with Crippen molar-refractivity contribution in [1.29, 1.82) is 0 Å². The van der Waals surface area contributed by atoms with Gasteiger partial charge in [0.25, 0.3) is 0 Å². The van der Waals surface area contributed by atoms with Gasteiger partial charge in [-0.15, -0.1) is 0 Å². The third-order valence-corrected chi connectivity index (χ3v) is 4.50. The number of sulfonamides is 1. The van der Waals surface area contributed by atoms with Gasteiger partial charge in [-0.3, -0.25) is 4.68 Å². The molecule has 1 N–H and O–H groups in total. The number of hydrogen-bond acceptors (Lipinski definition) is 6. The predicted molar refractivity (Wildman–Crippen MR) is 74.8 cm³/mol. The summed E-state index contributed by atoms with van der Waals surface area (Å²) >= 11 is 0. The molecular formula is C12H19N5O3S. The van der Waals surface area contributed by atoms with Crippen molar-refractivity contribution < 1.29 is 12.9 Å². The Hall–Kier alpha value is -1.74. The van der Waals surface area contributed by atoms with Gasteiger partial charge in [-0.25, -0.2) is 13.1 Å². The molecule has 116 valence electrons. The van der Waals surface area contributed by atoms with Crippen LogP contribution in [0.15, 0.2) is 15.6 Å². The Labute approximate surface area is 123 Å². The maximum Gasteiger partial charge on any atom is 0.244 e. The molecule has 2 heterocycles. The summed E-state index contributed by atoms with van der Waals surface area (Å²) in [5.74, 6) is 1.22. The van der Waals surface area contributed by atoms with Gasteiger partial charge in [0.05, 0.1) is 18.4 Å². The van der Waals surface area contributed by atoms with Gasteiger partial charge in [0.1, 0.15) is 4.90 Å². The third kappa shape index (κ3) is 3.67. The van der Waals surface area contributed by atoms with Gasteiger partial charge in [-0.05, 0) is 12.8 Å². The lowest BCUT2D eigenvalue weighted by Gasteiger charge is -2.03. The van der Waals surface area contributed by atoms with Crippen molar-refractivity contribution in [2.45, 2.75) is 38.6 Å². The highest BCUT2D eigenvalue weighted by Crippen LogP contribution is 2.13. The molecular weight excluding hydrogens is 294 g/mol. The summed E-state index contributed by atoms with van der Waals surface area (Å²) in [7, 11) is -1.95. The Morgan fingerprint density at radius 1 is 1.43 bits per heavy atom. The average Bonchev–Trinajstić information content (AvgIpc) is 2.95. The Kier molecular flexibility index (Phi) is 4.43. The van der Waals surface area contributed by atoms with Gasteiger partial charge in [0.15, 0.2) is 5.82 Å². The van der Waals surface area contributed by atoms with E-state index in [1.807, 2.05) is 13.8 Å². The molecule has 0 saturated heterocycles. The van der Waals surface area contributed by atoms with E-state index in [1.165, 1.54) is 10.9 Å². The maximum absolute atomic E-state index is 12.2. The lowest BCUT2D eigenvalue weighted by Crippen LogP contribution is -2.24.